The van der Waals surface area contributed by atoms with Crippen molar-refractivity contribution in [3.05, 3.63) is 58.9 Å². The predicted octanol–water partition coefficient (Wildman–Crippen LogP) is 3.91. The first-order valence-corrected chi connectivity index (χ1v) is 8.00. The van der Waals surface area contributed by atoms with E-state index >= 15 is 0 Å². The van der Waals surface area contributed by atoms with Gasteiger partial charge in [0.2, 0.25) is 0 Å². The summed E-state index contributed by atoms with van der Waals surface area (Å²) in [5.41, 5.74) is 6.06. The van der Waals surface area contributed by atoms with E-state index in [1.54, 1.807) is 11.1 Å². The largest absolute Gasteiger partial charge is 0.350 e. The molecule has 21 heavy (non-hydrogen) atoms. The summed E-state index contributed by atoms with van der Waals surface area (Å²) in [6.07, 6.45) is 8.29. The third-order valence-electron chi connectivity index (χ3n) is 4.16. The van der Waals surface area contributed by atoms with Crippen LogP contribution >= 0.6 is 0 Å². The smallest absolute Gasteiger partial charge is 0.0470 e. The third-order valence-corrected chi connectivity index (χ3v) is 4.16. The van der Waals surface area contributed by atoms with Gasteiger partial charge in [-0.1, -0.05) is 18.2 Å². The van der Waals surface area contributed by atoms with Crippen LogP contribution in [0.5, 0.6) is 0 Å². The second kappa shape index (κ2) is 5.69. The molecule has 0 saturated carbocycles. The van der Waals surface area contributed by atoms with E-state index in [4.69, 9.17) is 0 Å². The van der Waals surface area contributed by atoms with Crippen molar-refractivity contribution in [1.29, 1.82) is 0 Å². The van der Waals surface area contributed by atoms with Crippen molar-refractivity contribution in [3.8, 4) is 0 Å². The summed E-state index contributed by atoms with van der Waals surface area (Å²) < 4.78 is 2.29. The molecule has 1 aliphatic rings. The lowest BCUT2D eigenvalue weighted by molar-refractivity contribution is 0.424. The number of rotatable bonds is 4. The first-order valence-electron chi connectivity index (χ1n) is 8.00. The second-order valence-corrected chi connectivity index (χ2v) is 7.25. The molecule has 0 atom stereocenters. The summed E-state index contributed by atoms with van der Waals surface area (Å²) in [6.45, 7) is 8.51. The third kappa shape index (κ3) is 3.76. The standard InChI is InChI=1S/C19H26N2/c1-19(2,3)20-12-16-9-10-21(14-16)13-15-7-8-17-5-4-6-18(17)11-15/h7-11,14,20H,4-6,12-13H2,1-3H3. The topological polar surface area (TPSA) is 17.0 Å². The molecule has 1 aromatic heterocycles. The van der Waals surface area contributed by atoms with Gasteiger partial charge < -0.3 is 9.88 Å². The average Bonchev–Trinajstić information content (AvgIpc) is 3.04. The SMILES string of the molecule is CC(C)(C)NCc1ccn(Cc2ccc3c(c2)CCC3)c1. The van der Waals surface area contributed by atoms with E-state index in [0.717, 1.165) is 13.1 Å². The van der Waals surface area contributed by atoms with Crippen LogP contribution in [-0.2, 0) is 25.9 Å². The fraction of sp³-hybridized carbons (Fsp3) is 0.474. The van der Waals surface area contributed by atoms with Gasteiger partial charge in [0.15, 0.2) is 0 Å². The molecule has 0 spiro atoms. The molecule has 0 saturated heterocycles. The van der Waals surface area contributed by atoms with Crippen molar-refractivity contribution in [2.45, 2.75) is 58.7 Å². The van der Waals surface area contributed by atoms with E-state index in [1.807, 2.05) is 0 Å². The molecule has 1 aromatic carbocycles. The molecule has 3 rings (SSSR count). The molecule has 1 heterocycles. The monoisotopic (exact) mass is 282 g/mol. The van der Waals surface area contributed by atoms with Crippen molar-refractivity contribution in [2.75, 3.05) is 0 Å². The summed E-state index contributed by atoms with van der Waals surface area (Å²) in [5.74, 6) is 0. The lowest BCUT2D eigenvalue weighted by Gasteiger charge is -2.19. The fourth-order valence-electron chi connectivity index (χ4n) is 3.00. The van der Waals surface area contributed by atoms with Crippen molar-refractivity contribution in [1.82, 2.24) is 9.88 Å². The van der Waals surface area contributed by atoms with Crippen LogP contribution in [0, 0.1) is 0 Å². The number of hydrogen-bond acceptors (Lipinski definition) is 1. The Morgan fingerprint density at radius 1 is 1.05 bits per heavy atom. The van der Waals surface area contributed by atoms with E-state index < -0.39 is 0 Å². The van der Waals surface area contributed by atoms with Crippen molar-refractivity contribution < 1.29 is 0 Å². The normalized spacial score (nSPS) is 14.4. The lowest BCUT2D eigenvalue weighted by Crippen LogP contribution is -2.34. The highest BCUT2D eigenvalue weighted by molar-refractivity contribution is 5.35. The van der Waals surface area contributed by atoms with Gasteiger partial charge in [-0.3, -0.25) is 0 Å². The summed E-state index contributed by atoms with van der Waals surface area (Å²) in [4.78, 5) is 0. The molecule has 1 aliphatic carbocycles. The first-order chi connectivity index (χ1) is 9.99. The maximum absolute atomic E-state index is 3.54. The van der Waals surface area contributed by atoms with E-state index in [2.05, 4.69) is 67.3 Å². The highest BCUT2D eigenvalue weighted by Gasteiger charge is 2.11. The molecule has 0 unspecified atom stereocenters. The maximum atomic E-state index is 3.54. The van der Waals surface area contributed by atoms with E-state index in [1.165, 1.54) is 30.4 Å². The van der Waals surface area contributed by atoms with Crippen LogP contribution in [0.3, 0.4) is 0 Å². The van der Waals surface area contributed by atoms with Crippen molar-refractivity contribution in [3.63, 3.8) is 0 Å². The van der Waals surface area contributed by atoms with Gasteiger partial charge in [0.1, 0.15) is 0 Å². The molecule has 0 aliphatic heterocycles. The Morgan fingerprint density at radius 3 is 2.67 bits per heavy atom. The minimum atomic E-state index is 0.169. The van der Waals surface area contributed by atoms with E-state index in [9.17, 15) is 0 Å². The zero-order valence-corrected chi connectivity index (χ0v) is 13.4. The molecule has 2 nitrogen and oxygen atoms in total. The minimum absolute atomic E-state index is 0.169. The first kappa shape index (κ1) is 14.4. The van der Waals surface area contributed by atoms with Crippen LogP contribution in [-0.4, -0.2) is 10.1 Å². The average molecular weight is 282 g/mol. The van der Waals surface area contributed by atoms with Crippen LogP contribution < -0.4 is 5.32 Å². The number of hydrogen-bond donors (Lipinski definition) is 1. The van der Waals surface area contributed by atoms with Gasteiger partial charge in [0.05, 0.1) is 0 Å². The molecule has 0 fully saturated rings. The molecule has 0 amide bonds. The lowest BCUT2D eigenvalue weighted by atomic mass is 10.1. The Hall–Kier alpha value is -1.54. The van der Waals surface area contributed by atoms with E-state index in [0.29, 0.717) is 0 Å². The number of aromatic nitrogens is 1. The molecule has 2 heteroatoms. The Bertz CT molecular complexity index is 617. The Kier molecular flexibility index (Phi) is 3.90. The molecule has 2 aromatic rings. The van der Waals surface area contributed by atoms with Gasteiger partial charge in [-0.25, -0.2) is 0 Å². The molecular weight excluding hydrogens is 256 g/mol. The number of benzene rings is 1. The van der Waals surface area contributed by atoms with Crippen LogP contribution in [0.15, 0.2) is 36.7 Å². The van der Waals surface area contributed by atoms with Gasteiger partial charge in [-0.15, -0.1) is 0 Å². The maximum Gasteiger partial charge on any atom is 0.0470 e. The quantitative estimate of drug-likeness (QED) is 0.899. The van der Waals surface area contributed by atoms with Crippen molar-refractivity contribution in [2.24, 2.45) is 0 Å². The van der Waals surface area contributed by atoms with Crippen molar-refractivity contribution >= 4 is 0 Å². The number of aryl methyl sites for hydroxylation is 2. The molecule has 0 radical (unpaired) electrons. The summed E-state index contributed by atoms with van der Waals surface area (Å²) in [7, 11) is 0. The zero-order valence-electron chi connectivity index (χ0n) is 13.4. The summed E-state index contributed by atoms with van der Waals surface area (Å²) >= 11 is 0. The van der Waals surface area contributed by atoms with Gasteiger partial charge in [0, 0.05) is 31.0 Å². The second-order valence-electron chi connectivity index (χ2n) is 7.25. The fourth-order valence-corrected chi connectivity index (χ4v) is 3.00. The zero-order chi connectivity index (χ0) is 14.9. The Balaban J connectivity index is 1.64. The molecule has 112 valence electrons. The molecular formula is C19H26N2. The van der Waals surface area contributed by atoms with Crippen LogP contribution in [0.2, 0.25) is 0 Å². The van der Waals surface area contributed by atoms with Gasteiger partial charge in [0.25, 0.3) is 0 Å². The summed E-state index contributed by atoms with van der Waals surface area (Å²) in [5, 5.41) is 3.54. The molecule has 0 bridgehead atoms. The highest BCUT2D eigenvalue weighted by atomic mass is 15.0. The number of fused-ring (bicyclic) bond motifs is 1. The van der Waals surface area contributed by atoms with Gasteiger partial charge in [-0.05, 0) is 68.4 Å². The predicted molar refractivity (Wildman–Crippen MR) is 88.6 cm³/mol. The van der Waals surface area contributed by atoms with Crippen LogP contribution in [0.1, 0.15) is 49.4 Å². The van der Waals surface area contributed by atoms with Crippen LogP contribution in [0.4, 0.5) is 0 Å². The molecule has 1 N–H and O–H groups in total. The van der Waals surface area contributed by atoms with Gasteiger partial charge in [-0.2, -0.15) is 0 Å². The van der Waals surface area contributed by atoms with Gasteiger partial charge >= 0.3 is 0 Å². The summed E-state index contributed by atoms with van der Waals surface area (Å²) in [6, 6.07) is 9.22. The minimum Gasteiger partial charge on any atom is -0.350 e. The Morgan fingerprint density at radius 2 is 1.86 bits per heavy atom. The van der Waals surface area contributed by atoms with Crippen LogP contribution in [0.25, 0.3) is 0 Å². The van der Waals surface area contributed by atoms with E-state index in [-0.39, 0.29) is 5.54 Å². The number of nitrogens with one attached hydrogen (secondary N) is 1. The highest BCUT2D eigenvalue weighted by Crippen LogP contribution is 2.23. The Labute approximate surface area is 128 Å². The number of nitrogens with zero attached hydrogens (tertiary/aromatic N) is 1.